The Balaban J connectivity index is 2.76. The molecule has 1 aromatic rings. The molecule has 0 amide bonds. The Morgan fingerprint density at radius 1 is 1.67 bits per heavy atom. The van der Waals surface area contributed by atoms with Crippen LogP contribution in [0.25, 0.3) is 4.85 Å². The lowest BCUT2D eigenvalue weighted by molar-refractivity contribution is 0.692. The Hall–Kier alpha value is -1.30. The molecule has 12 heavy (non-hydrogen) atoms. The van der Waals surface area contributed by atoms with Gasteiger partial charge in [-0.2, -0.15) is 0 Å². The summed E-state index contributed by atoms with van der Waals surface area (Å²) in [6, 6.07) is 0. The molecule has 1 aromatic heterocycles. The zero-order valence-corrected chi connectivity index (χ0v) is 7.54. The summed E-state index contributed by atoms with van der Waals surface area (Å²) >= 11 is 0. The van der Waals surface area contributed by atoms with E-state index in [1.165, 1.54) is 0 Å². The van der Waals surface area contributed by atoms with Crippen molar-refractivity contribution >= 4 is 0 Å². The summed E-state index contributed by atoms with van der Waals surface area (Å²) in [4.78, 5) is 7.66. The lowest BCUT2D eigenvalue weighted by Crippen LogP contribution is -2.03. The molecule has 64 valence electrons. The molecule has 0 aliphatic carbocycles. The van der Waals surface area contributed by atoms with Gasteiger partial charge in [-0.3, -0.25) is 0 Å². The fourth-order valence-corrected chi connectivity index (χ4v) is 1.23. The topological polar surface area (TPSA) is 22.2 Å². The zero-order chi connectivity index (χ0) is 8.97. The second-order valence-corrected chi connectivity index (χ2v) is 2.73. The van der Waals surface area contributed by atoms with Crippen LogP contribution in [0, 0.1) is 13.5 Å². The van der Waals surface area contributed by atoms with Crippen molar-refractivity contribution in [2.24, 2.45) is 0 Å². The van der Waals surface area contributed by atoms with Gasteiger partial charge in [0, 0.05) is 12.6 Å². The van der Waals surface area contributed by atoms with Crippen LogP contribution in [0.2, 0.25) is 0 Å². The highest BCUT2D eigenvalue weighted by Gasteiger charge is 2.02. The number of rotatable bonds is 3. The van der Waals surface area contributed by atoms with Gasteiger partial charge in [-0.15, -0.1) is 0 Å². The van der Waals surface area contributed by atoms with Crippen molar-refractivity contribution in [3.63, 3.8) is 0 Å². The average molecular weight is 163 g/mol. The first kappa shape index (κ1) is 8.79. The largest absolute Gasteiger partial charge is 0.327 e. The van der Waals surface area contributed by atoms with E-state index in [0.29, 0.717) is 6.54 Å². The normalized spacial score (nSPS) is 9.75. The molecule has 0 aromatic carbocycles. The van der Waals surface area contributed by atoms with Crippen LogP contribution in [-0.2, 0) is 13.0 Å². The standard InChI is InChI=1S/C9H13N3/c1-4-9-11-8(2)7-12(9)6-5-10-3/h7H,4-6H2,1-2H3. The van der Waals surface area contributed by atoms with E-state index in [2.05, 4.69) is 21.3 Å². The molecule has 1 heterocycles. The van der Waals surface area contributed by atoms with Gasteiger partial charge in [0.2, 0.25) is 6.54 Å². The Bertz CT molecular complexity index is 293. The van der Waals surface area contributed by atoms with Crippen molar-refractivity contribution < 1.29 is 0 Å². The van der Waals surface area contributed by atoms with Crippen LogP contribution in [-0.4, -0.2) is 16.1 Å². The van der Waals surface area contributed by atoms with E-state index >= 15 is 0 Å². The van der Waals surface area contributed by atoms with Crippen LogP contribution >= 0.6 is 0 Å². The maximum Gasteiger partial charge on any atom is 0.232 e. The minimum Gasteiger partial charge on any atom is -0.327 e. The van der Waals surface area contributed by atoms with Gasteiger partial charge in [0.25, 0.3) is 0 Å². The van der Waals surface area contributed by atoms with Crippen LogP contribution < -0.4 is 0 Å². The van der Waals surface area contributed by atoms with Gasteiger partial charge < -0.3 is 9.41 Å². The second-order valence-electron chi connectivity index (χ2n) is 2.73. The Morgan fingerprint density at radius 2 is 2.42 bits per heavy atom. The average Bonchev–Trinajstić information content (AvgIpc) is 2.42. The minimum absolute atomic E-state index is 0.544. The monoisotopic (exact) mass is 163 g/mol. The molecule has 0 atom stereocenters. The first-order valence-electron chi connectivity index (χ1n) is 4.13. The molecule has 0 fully saturated rings. The smallest absolute Gasteiger partial charge is 0.232 e. The van der Waals surface area contributed by atoms with Gasteiger partial charge in [-0.25, -0.2) is 11.6 Å². The fraction of sp³-hybridized carbons (Fsp3) is 0.556. The molecule has 3 heteroatoms. The summed E-state index contributed by atoms with van der Waals surface area (Å²) in [6.45, 7) is 12.1. The molecule has 1 rings (SSSR count). The molecule has 0 radical (unpaired) electrons. The van der Waals surface area contributed by atoms with Gasteiger partial charge in [-0.05, 0) is 6.92 Å². The highest BCUT2D eigenvalue weighted by atomic mass is 15.1. The Morgan fingerprint density at radius 3 is 3.00 bits per heavy atom. The van der Waals surface area contributed by atoms with Crippen molar-refractivity contribution in [3.8, 4) is 0 Å². The fourth-order valence-electron chi connectivity index (χ4n) is 1.23. The third-order valence-corrected chi connectivity index (χ3v) is 1.75. The summed E-state index contributed by atoms with van der Waals surface area (Å²) in [5.41, 5.74) is 1.04. The van der Waals surface area contributed by atoms with E-state index in [1.54, 1.807) is 0 Å². The van der Waals surface area contributed by atoms with E-state index in [4.69, 9.17) is 6.57 Å². The van der Waals surface area contributed by atoms with Gasteiger partial charge in [0.15, 0.2) is 0 Å². The van der Waals surface area contributed by atoms with E-state index in [-0.39, 0.29) is 0 Å². The molecular formula is C9H13N3. The highest BCUT2D eigenvalue weighted by Crippen LogP contribution is 2.02. The lowest BCUT2D eigenvalue weighted by atomic mass is 10.4. The second kappa shape index (κ2) is 3.91. The number of imidazole rings is 1. The van der Waals surface area contributed by atoms with Crippen molar-refractivity contribution in [1.29, 1.82) is 0 Å². The molecule has 0 saturated carbocycles. The molecule has 0 saturated heterocycles. The molecular weight excluding hydrogens is 150 g/mol. The Labute approximate surface area is 72.9 Å². The predicted molar refractivity (Wildman–Crippen MR) is 47.8 cm³/mol. The number of nitrogens with zero attached hydrogens (tertiary/aromatic N) is 3. The minimum atomic E-state index is 0.544. The number of hydrogen-bond acceptors (Lipinski definition) is 1. The third kappa shape index (κ3) is 1.85. The first-order valence-corrected chi connectivity index (χ1v) is 4.13. The van der Waals surface area contributed by atoms with Gasteiger partial charge in [0.05, 0.1) is 12.2 Å². The summed E-state index contributed by atoms with van der Waals surface area (Å²) in [5, 5.41) is 0. The summed E-state index contributed by atoms with van der Waals surface area (Å²) in [7, 11) is 0. The molecule has 0 N–H and O–H groups in total. The summed E-state index contributed by atoms with van der Waals surface area (Å²) in [6.07, 6.45) is 2.94. The molecule has 0 unspecified atom stereocenters. The van der Waals surface area contributed by atoms with Crippen molar-refractivity contribution in [2.45, 2.75) is 26.8 Å². The van der Waals surface area contributed by atoms with E-state index < -0.39 is 0 Å². The molecule has 0 aliphatic heterocycles. The number of aryl methyl sites for hydroxylation is 2. The Kier molecular flexibility index (Phi) is 2.87. The van der Waals surface area contributed by atoms with Crippen molar-refractivity contribution in [1.82, 2.24) is 9.55 Å². The maximum atomic E-state index is 6.68. The summed E-state index contributed by atoms with van der Waals surface area (Å²) in [5.74, 6) is 1.08. The quantitative estimate of drug-likeness (QED) is 0.621. The third-order valence-electron chi connectivity index (χ3n) is 1.75. The van der Waals surface area contributed by atoms with Gasteiger partial charge in [-0.1, -0.05) is 6.92 Å². The van der Waals surface area contributed by atoms with E-state index in [1.807, 2.05) is 13.1 Å². The van der Waals surface area contributed by atoms with E-state index in [0.717, 1.165) is 24.5 Å². The van der Waals surface area contributed by atoms with Crippen LogP contribution in [0.5, 0.6) is 0 Å². The zero-order valence-electron chi connectivity index (χ0n) is 7.54. The first-order chi connectivity index (χ1) is 5.77. The molecule has 0 bridgehead atoms. The molecule has 0 aliphatic rings. The van der Waals surface area contributed by atoms with Gasteiger partial charge in [0.1, 0.15) is 5.82 Å². The van der Waals surface area contributed by atoms with E-state index in [9.17, 15) is 0 Å². The predicted octanol–water partition coefficient (Wildman–Crippen LogP) is 1.67. The molecule has 0 spiro atoms. The van der Waals surface area contributed by atoms with Crippen molar-refractivity contribution in [2.75, 3.05) is 6.54 Å². The molecule has 3 nitrogen and oxygen atoms in total. The lowest BCUT2D eigenvalue weighted by Gasteiger charge is -1.99. The van der Waals surface area contributed by atoms with Crippen LogP contribution in [0.15, 0.2) is 6.20 Å². The van der Waals surface area contributed by atoms with Crippen LogP contribution in [0.3, 0.4) is 0 Å². The van der Waals surface area contributed by atoms with Crippen LogP contribution in [0.1, 0.15) is 18.4 Å². The van der Waals surface area contributed by atoms with Gasteiger partial charge >= 0.3 is 0 Å². The maximum absolute atomic E-state index is 6.68. The number of hydrogen-bond donors (Lipinski definition) is 0. The number of aromatic nitrogens is 2. The van der Waals surface area contributed by atoms with Crippen LogP contribution in [0.4, 0.5) is 0 Å². The SMILES string of the molecule is [C-]#[N+]CCn1cc(C)nc1CC. The van der Waals surface area contributed by atoms with Crippen molar-refractivity contribution in [3.05, 3.63) is 29.1 Å². The highest BCUT2D eigenvalue weighted by molar-refractivity contribution is 5.02. The summed E-state index contributed by atoms with van der Waals surface area (Å²) < 4.78 is 2.06.